The maximum absolute atomic E-state index is 12.3. The molecule has 23 heavy (non-hydrogen) atoms. The maximum Gasteiger partial charge on any atom is 0.357 e. The monoisotopic (exact) mass is 326 g/mol. The van der Waals surface area contributed by atoms with E-state index in [1.807, 2.05) is 48.5 Å². The van der Waals surface area contributed by atoms with Gasteiger partial charge in [0.2, 0.25) is 0 Å². The number of rotatable bonds is 4. The lowest BCUT2D eigenvalue weighted by molar-refractivity contribution is 0.0520. The quantitative estimate of drug-likeness (QED) is 0.714. The Balaban J connectivity index is 2.23. The van der Waals surface area contributed by atoms with Crippen LogP contribution in [-0.2, 0) is 4.74 Å². The number of benzene rings is 2. The zero-order valence-corrected chi connectivity index (χ0v) is 13.3. The van der Waals surface area contributed by atoms with E-state index in [9.17, 15) is 4.79 Å². The Hall–Kier alpha value is -2.59. The first kappa shape index (κ1) is 15.3. The largest absolute Gasteiger partial charge is 0.461 e. The normalized spacial score (nSPS) is 10.5. The molecule has 4 nitrogen and oxygen atoms in total. The summed E-state index contributed by atoms with van der Waals surface area (Å²) < 4.78 is 5.13. The highest BCUT2D eigenvalue weighted by atomic mass is 35.5. The van der Waals surface area contributed by atoms with Crippen LogP contribution in [0.25, 0.3) is 22.4 Å². The summed E-state index contributed by atoms with van der Waals surface area (Å²) in [6.45, 7) is 2.06. The van der Waals surface area contributed by atoms with Gasteiger partial charge in [-0.3, -0.25) is 5.10 Å². The number of ether oxygens (including phenoxy) is 1. The molecule has 0 spiro atoms. The average molecular weight is 327 g/mol. The van der Waals surface area contributed by atoms with Crippen molar-refractivity contribution >= 4 is 17.6 Å². The van der Waals surface area contributed by atoms with Crippen molar-refractivity contribution in [1.29, 1.82) is 0 Å². The standard InChI is InChI=1S/C18H15ClN2O2/c1-2-23-18(22)17-15(13-10-6-7-11-14(13)19)16(20-21-17)12-8-4-3-5-9-12/h3-11H,2H2,1H3,(H,20,21). The van der Waals surface area contributed by atoms with Gasteiger partial charge in [-0.1, -0.05) is 60.1 Å². The predicted molar refractivity (Wildman–Crippen MR) is 90.4 cm³/mol. The number of aromatic nitrogens is 2. The molecule has 0 atom stereocenters. The second kappa shape index (κ2) is 6.67. The number of halogens is 1. The summed E-state index contributed by atoms with van der Waals surface area (Å²) >= 11 is 6.34. The van der Waals surface area contributed by atoms with Crippen molar-refractivity contribution in [3.8, 4) is 22.4 Å². The molecule has 0 fully saturated rings. The van der Waals surface area contributed by atoms with Crippen LogP contribution in [0.15, 0.2) is 54.6 Å². The Morgan fingerprint density at radius 3 is 2.52 bits per heavy atom. The first-order valence-corrected chi connectivity index (χ1v) is 7.66. The van der Waals surface area contributed by atoms with Gasteiger partial charge in [-0.05, 0) is 13.0 Å². The zero-order chi connectivity index (χ0) is 16.2. The lowest BCUT2D eigenvalue weighted by Gasteiger charge is -2.08. The van der Waals surface area contributed by atoms with Crippen molar-refractivity contribution < 1.29 is 9.53 Å². The molecular formula is C18H15ClN2O2. The molecule has 0 aliphatic rings. The maximum atomic E-state index is 12.3. The van der Waals surface area contributed by atoms with E-state index in [1.165, 1.54) is 0 Å². The highest BCUT2D eigenvalue weighted by molar-refractivity contribution is 6.33. The lowest BCUT2D eigenvalue weighted by atomic mass is 9.99. The predicted octanol–water partition coefficient (Wildman–Crippen LogP) is 4.57. The van der Waals surface area contributed by atoms with E-state index < -0.39 is 5.97 Å². The van der Waals surface area contributed by atoms with Crippen molar-refractivity contribution in [2.24, 2.45) is 0 Å². The summed E-state index contributed by atoms with van der Waals surface area (Å²) in [4.78, 5) is 12.3. The van der Waals surface area contributed by atoms with Crippen LogP contribution in [0.3, 0.4) is 0 Å². The van der Waals surface area contributed by atoms with Crippen molar-refractivity contribution in [3.63, 3.8) is 0 Å². The summed E-state index contributed by atoms with van der Waals surface area (Å²) in [6, 6.07) is 17.0. The number of carbonyl (C=O) groups is 1. The van der Waals surface area contributed by atoms with E-state index >= 15 is 0 Å². The number of H-pyrrole nitrogens is 1. The number of nitrogens with one attached hydrogen (secondary N) is 1. The Morgan fingerprint density at radius 2 is 1.83 bits per heavy atom. The van der Waals surface area contributed by atoms with Gasteiger partial charge in [-0.15, -0.1) is 0 Å². The highest BCUT2D eigenvalue weighted by Crippen LogP contribution is 2.37. The van der Waals surface area contributed by atoms with Crippen molar-refractivity contribution in [2.75, 3.05) is 6.61 Å². The first-order chi connectivity index (χ1) is 11.2. The SMILES string of the molecule is CCOC(=O)c1[nH]nc(-c2ccccc2)c1-c1ccccc1Cl. The molecule has 1 N–H and O–H groups in total. The second-order valence-electron chi connectivity index (χ2n) is 4.89. The molecule has 0 saturated carbocycles. The summed E-state index contributed by atoms with van der Waals surface area (Å²) in [5, 5.41) is 7.68. The van der Waals surface area contributed by atoms with Crippen LogP contribution in [-0.4, -0.2) is 22.8 Å². The Labute approximate surface area is 139 Å². The van der Waals surface area contributed by atoms with Gasteiger partial charge in [-0.2, -0.15) is 5.10 Å². The molecule has 1 aromatic heterocycles. The molecule has 5 heteroatoms. The Kier molecular flexibility index (Phi) is 4.44. The van der Waals surface area contributed by atoms with E-state index in [0.717, 1.165) is 11.1 Å². The molecule has 3 aromatic rings. The van der Waals surface area contributed by atoms with Crippen molar-refractivity contribution in [3.05, 3.63) is 65.3 Å². The molecule has 0 aliphatic carbocycles. The molecule has 0 bridgehead atoms. The number of nitrogens with zero attached hydrogens (tertiary/aromatic N) is 1. The summed E-state index contributed by atoms with van der Waals surface area (Å²) in [5.74, 6) is -0.447. The molecule has 0 unspecified atom stereocenters. The van der Waals surface area contributed by atoms with Gasteiger partial charge in [0.25, 0.3) is 0 Å². The van der Waals surface area contributed by atoms with Crippen LogP contribution in [0, 0.1) is 0 Å². The third kappa shape index (κ3) is 2.98. The highest BCUT2D eigenvalue weighted by Gasteiger charge is 2.23. The fourth-order valence-electron chi connectivity index (χ4n) is 2.42. The van der Waals surface area contributed by atoms with Gasteiger partial charge in [0.1, 0.15) is 5.69 Å². The minimum absolute atomic E-state index is 0.292. The number of hydrogen-bond donors (Lipinski definition) is 1. The fraction of sp³-hybridized carbons (Fsp3) is 0.111. The van der Waals surface area contributed by atoms with Gasteiger partial charge >= 0.3 is 5.97 Å². The van der Waals surface area contributed by atoms with Gasteiger partial charge in [0.05, 0.1) is 6.61 Å². The molecule has 0 saturated heterocycles. The Morgan fingerprint density at radius 1 is 1.13 bits per heavy atom. The fourth-order valence-corrected chi connectivity index (χ4v) is 2.65. The second-order valence-corrected chi connectivity index (χ2v) is 5.30. The Bertz CT molecular complexity index is 828. The van der Waals surface area contributed by atoms with E-state index in [1.54, 1.807) is 13.0 Å². The molecule has 1 heterocycles. The van der Waals surface area contributed by atoms with E-state index in [2.05, 4.69) is 10.2 Å². The van der Waals surface area contributed by atoms with Crippen molar-refractivity contribution in [2.45, 2.75) is 6.92 Å². The van der Waals surface area contributed by atoms with Gasteiger partial charge in [0, 0.05) is 21.7 Å². The molecule has 2 aromatic carbocycles. The first-order valence-electron chi connectivity index (χ1n) is 7.28. The topological polar surface area (TPSA) is 55.0 Å². The van der Waals surface area contributed by atoms with Crippen LogP contribution in [0.1, 0.15) is 17.4 Å². The molecule has 0 aliphatic heterocycles. The minimum Gasteiger partial charge on any atom is -0.461 e. The van der Waals surface area contributed by atoms with E-state index in [0.29, 0.717) is 28.6 Å². The molecule has 0 radical (unpaired) electrons. The summed E-state index contributed by atoms with van der Waals surface area (Å²) in [7, 11) is 0. The minimum atomic E-state index is -0.447. The van der Waals surface area contributed by atoms with Crippen LogP contribution in [0.2, 0.25) is 5.02 Å². The van der Waals surface area contributed by atoms with E-state index in [4.69, 9.17) is 16.3 Å². The van der Waals surface area contributed by atoms with Gasteiger partial charge in [0.15, 0.2) is 5.69 Å². The number of aromatic amines is 1. The van der Waals surface area contributed by atoms with Crippen LogP contribution in [0.4, 0.5) is 0 Å². The average Bonchev–Trinajstić information content (AvgIpc) is 3.01. The van der Waals surface area contributed by atoms with Gasteiger partial charge < -0.3 is 4.74 Å². The zero-order valence-electron chi connectivity index (χ0n) is 12.5. The van der Waals surface area contributed by atoms with Crippen LogP contribution in [0.5, 0.6) is 0 Å². The number of carbonyl (C=O) groups excluding carboxylic acids is 1. The van der Waals surface area contributed by atoms with Crippen molar-refractivity contribution in [1.82, 2.24) is 10.2 Å². The third-order valence-corrected chi connectivity index (χ3v) is 3.77. The summed E-state index contributed by atoms with van der Waals surface area (Å²) in [6.07, 6.45) is 0. The summed E-state index contributed by atoms with van der Waals surface area (Å²) in [5.41, 5.74) is 3.26. The van der Waals surface area contributed by atoms with Gasteiger partial charge in [-0.25, -0.2) is 4.79 Å². The van der Waals surface area contributed by atoms with Crippen LogP contribution < -0.4 is 0 Å². The van der Waals surface area contributed by atoms with E-state index in [-0.39, 0.29) is 0 Å². The third-order valence-electron chi connectivity index (χ3n) is 3.44. The molecule has 3 rings (SSSR count). The molecular weight excluding hydrogens is 312 g/mol. The lowest BCUT2D eigenvalue weighted by Crippen LogP contribution is -2.06. The number of esters is 1. The van der Waals surface area contributed by atoms with Crippen LogP contribution >= 0.6 is 11.6 Å². The molecule has 0 amide bonds. The number of hydrogen-bond acceptors (Lipinski definition) is 3. The molecule has 116 valence electrons. The smallest absolute Gasteiger partial charge is 0.357 e.